The number of nitrogens with one attached hydrogen (secondary N) is 1. The largest absolute Gasteiger partial charge is 0.461 e. The van der Waals surface area contributed by atoms with Crippen molar-refractivity contribution in [3.63, 3.8) is 0 Å². The molecule has 0 atom stereocenters. The number of anilines is 2. The van der Waals surface area contributed by atoms with Gasteiger partial charge < -0.3 is 10.2 Å². The maximum absolute atomic E-state index is 12.5. The van der Waals surface area contributed by atoms with Crippen molar-refractivity contribution < 1.29 is 14.0 Å². The molecule has 8 heteroatoms. The SMILES string of the molecule is CC(=O)Cc1nsc(NC(=O)c2cc(-c3cccc(N)c3)oc2C)n1. The van der Waals surface area contributed by atoms with Crippen molar-refractivity contribution >= 4 is 34.0 Å². The average Bonchev–Trinajstić information content (AvgIpc) is 3.13. The van der Waals surface area contributed by atoms with Crippen molar-refractivity contribution in [2.75, 3.05) is 11.1 Å². The topological polar surface area (TPSA) is 111 Å². The van der Waals surface area contributed by atoms with Crippen molar-refractivity contribution in [1.82, 2.24) is 9.36 Å². The van der Waals surface area contributed by atoms with Crippen LogP contribution in [0, 0.1) is 6.92 Å². The van der Waals surface area contributed by atoms with Gasteiger partial charge in [-0.15, -0.1) is 0 Å². The molecular formula is C17H16N4O3S. The van der Waals surface area contributed by atoms with E-state index in [4.69, 9.17) is 10.2 Å². The van der Waals surface area contributed by atoms with Gasteiger partial charge in [0.1, 0.15) is 17.3 Å². The number of benzene rings is 1. The predicted molar refractivity (Wildman–Crippen MR) is 95.5 cm³/mol. The van der Waals surface area contributed by atoms with Crippen LogP contribution in [-0.2, 0) is 11.2 Å². The van der Waals surface area contributed by atoms with Gasteiger partial charge in [-0.05, 0) is 32.0 Å². The highest BCUT2D eigenvalue weighted by Gasteiger charge is 2.18. The molecule has 128 valence electrons. The molecule has 3 aromatic rings. The predicted octanol–water partition coefficient (Wildman–Crippen LogP) is 3.07. The first-order valence-electron chi connectivity index (χ1n) is 7.52. The summed E-state index contributed by atoms with van der Waals surface area (Å²) >= 11 is 1.03. The molecule has 1 amide bonds. The summed E-state index contributed by atoms with van der Waals surface area (Å²) in [6.45, 7) is 3.18. The van der Waals surface area contributed by atoms with Crippen LogP contribution in [0.5, 0.6) is 0 Å². The standard InChI is InChI=1S/C17H16N4O3S/c1-9(22)6-15-19-17(25-21-15)20-16(23)13-8-14(24-10(13)2)11-4-3-5-12(18)7-11/h3-5,7-8H,6,18H2,1-2H3,(H,19,20,21,23). The summed E-state index contributed by atoms with van der Waals surface area (Å²) in [5.41, 5.74) is 7.59. The molecule has 2 heterocycles. The van der Waals surface area contributed by atoms with Crippen molar-refractivity contribution in [1.29, 1.82) is 0 Å². The van der Waals surface area contributed by atoms with E-state index in [0.29, 0.717) is 33.7 Å². The van der Waals surface area contributed by atoms with E-state index >= 15 is 0 Å². The lowest BCUT2D eigenvalue weighted by molar-refractivity contribution is -0.116. The lowest BCUT2D eigenvalue weighted by atomic mass is 10.1. The summed E-state index contributed by atoms with van der Waals surface area (Å²) in [6.07, 6.45) is 0.149. The molecule has 7 nitrogen and oxygen atoms in total. The molecule has 0 fully saturated rings. The molecule has 3 N–H and O–H groups in total. The van der Waals surface area contributed by atoms with Gasteiger partial charge in [-0.2, -0.15) is 4.37 Å². The molecule has 25 heavy (non-hydrogen) atoms. The summed E-state index contributed by atoms with van der Waals surface area (Å²) in [7, 11) is 0. The van der Waals surface area contributed by atoms with Crippen LogP contribution in [-0.4, -0.2) is 21.0 Å². The van der Waals surface area contributed by atoms with Gasteiger partial charge in [-0.1, -0.05) is 12.1 Å². The third kappa shape index (κ3) is 3.92. The van der Waals surface area contributed by atoms with Gasteiger partial charge >= 0.3 is 0 Å². The molecular weight excluding hydrogens is 340 g/mol. The van der Waals surface area contributed by atoms with Gasteiger partial charge in [0.2, 0.25) is 5.13 Å². The Morgan fingerprint density at radius 3 is 2.84 bits per heavy atom. The lowest BCUT2D eigenvalue weighted by Gasteiger charge is -1.98. The van der Waals surface area contributed by atoms with Gasteiger partial charge in [0.15, 0.2) is 5.82 Å². The van der Waals surface area contributed by atoms with E-state index in [1.807, 2.05) is 12.1 Å². The number of carbonyl (C=O) groups is 2. The Balaban J connectivity index is 1.78. The van der Waals surface area contributed by atoms with Gasteiger partial charge in [0.05, 0.1) is 12.0 Å². The number of rotatable bonds is 5. The summed E-state index contributed by atoms with van der Waals surface area (Å²) in [6, 6.07) is 8.89. The van der Waals surface area contributed by atoms with E-state index < -0.39 is 0 Å². The molecule has 0 saturated heterocycles. The number of furan rings is 1. The Kier molecular flexibility index (Phi) is 4.62. The number of nitrogen functional groups attached to an aromatic ring is 1. The van der Waals surface area contributed by atoms with Crippen LogP contribution in [0.4, 0.5) is 10.8 Å². The number of ketones is 1. The number of aryl methyl sites for hydroxylation is 1. The zero-order valence-electron chi connectivity index (χ0n) is 13.7. The molecule has 0 radical (unpaired) electrons. The van der Waals surface area contributed by atoms with Crippen molar-refractivity contribution in [2.45, 2.75) is 20.3 Å². The second-order valence-corrected chi connectivity index (χ2v) is 6.31. The van der Waals surface area contributed by atoms with E-state index in [2.05, 4.69) is 14.7 Å². The Hall–Kier alpha value is -3.00. The molecule has 1 aromatic carbocycles. The highest BCUT2D eigenvalue weighted by Crippen LogP contribution is 2.27. The number of amides is 1. The maximum atomic E-state index is 12.5. The Labute approximate surface area is 148 Å². The number of Topliss-reactive ketones (excluding diaryl/α,β-unsaturated/α-hetero) is 1. The fourth-order valence-electron chi connectivity index (χ4n) is 2.31. The average molecular weight is 356 g/mol. The molecule has 0 aliphatic carbocycles. The fourth-order valence-corrected chi connectivity index (χ4v) is 2.89. The maximum Gasteiger partial charge on any atom is 0.261 e. The number of hydrogen-bond donors (Lipinski definition) is 2. The van der Waals surface area contributed by atoms with Crippen molar-refractivity contribution in [2.24, 2.45) is 0 Å². The highest BCUT2D eigenvalue weighted by atomic mass is 32.1. The van der Waals surface area contributed by atoms with Crippen LogP contribution < -0.4 is 11.1 Å². The Morgan fingerprint density at radius 1 is 1.32 bits per heavy atom. The number of aromatic nitrogens is 2. The normalized spacial score (nSPS) is 10.6. The first-order valence-corrected chi connectivity index (χ1v) is 8.29. The number of hydrogen-bond acceptors (Lipinski definition) is 7. The molecule has 2 aromatic heterocycles. The minimum atomic E-state index is -0.345. The van der Waals surface area contributed by atoms with Gasteiger partial charge in [-0.3, -0.25) is 14.9 Å². The minimum Gasteiger partial charge on any atom is -0.461 e. The first kappa shape index (κ1) is 16.8. The molecule has 0 unspecified atom stereocenters. The third-order valence-electron chi connectivity index (χ3n) is 3.43. The second-order valence-electron chi connectivity index (χ2n) is 5.55. The van der Waals surface area contributed by atoms with Crippen LogP contribution in [0.2, 0.25) is 0 Å². The molecule has 0 aliphatic rings. The van der Waals surface area contributed by atoms with Gasteiger partial charge in [0.25, 0.3) is 5.91 Å². The molecule has 0 saturated carbocycles. The van der Waals surface area contributed by atoms with Crippen LogP contribution in [0.3, 0.4) is 0 Å². The molecule has 0 bridgehead atoms. The zero-order valence-corrected chi connectivity index (χ0v) is 14.5. The Bertz CT molecular complexity index is 945. The second kappa shape index (κ2) is 6.86. The van der Waals surface area contributed by atoms with E-state index in [1.54, 1.807) is 25.1 Å². The number of carbonyl (C=O) groups excluding carboxylic acids is 2. The minimum absolute atomic E-state index is 0.0341. The van der Waals surface area contributed by atoms with Crippen LogP contribution in [0.15, 0.2) is 34.7 Å². The van der Waals surface area contributed by atoms with Crippen LogP contribution in [0.1, 0.15) is 28.9 Å². The summed E-state index contributed by atoms with van der Waals surface area (Å²) < 4.78 is 9.72. The zero-order chi connectivity index (χ0) is 18.0. The summed E-state index contributed by atoms with van der Waals surface area (Å²) in [5.74, 6) is 1.07. The molecule has 0 aliphatic heterocycles. The Morgan fingerprint density at radius 2 is 2.12 bits per heavy atom. The van der Waals surface area contributed by atoms with E-state index in [9.17, 15) is 9.59 Å². The third-order valence-corrected chi connectivity index (χ3v) is 4.10. The summed E-state index contributed by atoms with van der Waals surface area (Å²) in [5, 5.41) is 3.02. The molecule has 0 spiro atoms. The lowest BCUT2D eigenvalue weighted by Crippen LogP contribution is -2.12. The van der Waals surface area contributed by atoms with Crippen LogP contribution in [0.25, 0.3) is 11.3 Å². The van der Waals surface area contributed by atoms with Crippen molar-refractivity contribution in [3.05, 3.63) is 47.5 Å². The number of nitrogens with two attached hydrogens (primary N) is 1. The van der Waals surface area contributed by atoms with Crippen molar-refractivity contribution in [3.8, 4) is 11.3 Å². The van der Waals surface area contributed by atoms with Crippen LogP contribution >= 0.6 is 11.5 Å². The van der Waals surface area contributed by atoms with E-state index in [0.717, 1.165) is 17.1 Å². The first-order chi connectivity index (χ1) is 11.9. The molecule has 3 rings (SSSR count). The van der Waals surface area contributed by atoms with Gasteiger partial charge in [0, 0.05) is 22.8 Å². The van der Waals surface area contributed by atoms with E-state index in [-0.39, 0.29) is 18.1 Å². The number of nitrogens with zero attached hydrogens (tertiary/aromatic N) is 2. The van der Waals surface area contributed by atoms with E-state index in [1.165, 1.54) is 6.92 Å². The summed E-state index contributed by atoms with van der Waals surface area (Å²) in [4.78, 5) is 27.7. The van der Waals surface area contributed by atoms with Gasteiger partial charge in [-0.25, -0.2) is 4.98 Å². The fraction of sp³-hybridized carbons (Fsp3) is 0.176. The highest BCUT2D eigenvalue weighted by molar-refractivity contribution is 7.09. The monoisotopic (exact) mass is 356 g/mol. The smallest absolute Gasteiger partial charge is 0.261 e. The quantitative estimate of drug-likeness (QED) is 0.680.